The summed E-state index contributed by atoms with van der Waals surface area (Å²) in [7, 11) is 0. The molecule has 78 valence electrons. The number of nitrogens with zero attached hydrogens (tertiary/aromatic N) is 2. The number of hydrogen-bond acceptors (Lipinski definition) is 3. The average molecular weight is 267 g/mol. The first-order chi connectivity index (χ1) is 7.24. The smallest absolute Gasteiger partial charge is 0.216 e. The first kappa shape index (κ1) is 10.4. The summed E-state index contributed by atoms with van der Waals surface area (Å²) in [6, 6.07) is 8.23. The Balaban J connectivity index is 1.99. The van der Waals surface area contributed by atoms with E-state index in [1.807, 2.05) is 12.1 Å². The molecule has 0 aliphatic rings. The summed E-state index contributed by atoms with van der Waals surface area (Å²) in [4.78, 5) is 0. The van der Waals surface area contributed by atoms with Gasteiger partial charge < -0.3 is 4.42 Å². The number of rotatable bonds is 3. The monoisotopic (exact) mass is 266 g/mol. The van der Waals surface area contributed by atoms with Crippen molar-refractivity contribution in [1.82, 2.24) is 10.2 Å². The van der Waals surface area contributed by atoms with Gasteiger partial charge >= 0.3 is 0 Å². The Morgan fingerprint density at radius 2 is 2.13 bits per heavy atom. The molecular formula is C11H11BrN2O. The molecule has 0 amide bonds. The van der Waals surface area contributed by atoms with Crippen molar-refractivity contribution < 1.29 is 4.42 Å². The molecule has 0 atom stereocenters. The van der Waals surface area contributed by atoms with Gasteiger partial charge in [-0.2, -0.15) is 0 Å². The lowest BCUT2D eigenvalue weighted by molar-refractivity contribution is 0.467. The molecule has 1 aromatic carbocycles. The summed E-state index contributed by atoms with van der Waals surface area (Å²) in [6.45, 7) is 1.80. The predicted molar refractivity (Wildman–Crippen MR) is 60.6 cm³/mol. The lowest BCUT2D eigenvalue weighted by Crippen LogP contribution is -1.91. The van der Waals surface area contributed by atoms with Crippen LogP contribution in [0.15, 0.2) is 33.2 Å². The van der Waals surface area contributed by atoms with Crippen molar-refractivity contribution in [2.75, 3.05) is 0 Å². The van der Waals surface area contributed by atoms with E-state index in [9.17, 15) is 0 Å². The Morgan fingerprint density at radius 3 is 2.80 bits per heavy atom. The maximum Gasteiger partial charge on any atom is 0.216 e. The zero-order valence-corrected chi connectivity index (χ0v) is 9.99. The second-order valence-electron chi connectivity index (χ2n) is 3.34. The van der Waals surface area contributed by atoms with Crippen LogP contribution in [0.25, 0.3) is 0 Å². The van der Waals surface area contributed by atoms with Gasteiger partial charge in [-0.25, -0.2) is 0 Å². The Hall–Kier alpha value is -1.16. The van der Waals surface area contributed by atoms with Crippen molar-refractivity contribution in [3.8, 4) is 0 Å². The minimum atomic E-state index is 0.624. The topological polar surface area (TPSA) is 38.9 Å². The molecule has 0 aliphatic carbocycles. The first-order valence-electron chi connectivity index (χ1n) is 4.77. The molecule has 0 bridgehead atoms. The van der Waals surface area contributed by atoms with E-state index < -0.39 is 0 Å². The fraction of sp³-hybridized carbons (Fsp3) is 0.273. The fourth-order valence-electron chi connectivity index (χ4n) is 1.38. The lowest BCUT2D eigenvalue weighted by atomic mass is 10.1. The van der Waals surface area contributed by atoms with Crippen LogP contribution >= 0.6 is 15.9 Å². The van der Waals surface area contributed by atoms with Crippen LogP contribution in [-0.4, -0.2) is 10.2 Å². The first-order valence-corrected chi connectivity index (χ1v) is 5.57. The molecule has 0 saturated heterocycles. The van der Waals surface area contributed by atoms with Crippen LogP contribution in [0.4, 0.5) is 0 Å². The van der Waals surface area contributed by atoms with Gasteiger partial charge in [0.05, 0.1) is 0 Å². The number of aryl methyl sites for hydroxylation is 3. The quantitative estimate of drug-likeness (QED) is 0.858. The van der Waals surface area contributed by atoms with Crippen molar-refractivity contribution >= 4 is 15.9 Å². The molecular weight excluding hydrogens is 256 g/mol. The summed E-state index contributed by atoms with van der Waals surface area (Å²) in [5.41, 5.74) is 1.26. The van der Waals surface area contributed by atoms with Gasteiger partial charge in [-0.15, -0.1) is 10.2 Å². The summed E-state index contributed by atoms with van der Waals surface area (Å²) < 4.78 is 6.40. The third-order valence-corrected chi connectivity index (χ3v) is 2.58. The Morgan fingerprint density at radius 1 is 1.27 bits per heavy atom. The number of hydrogen-bond donors (Lipinski definition) is 0. The molecule has 0 N–H and O–H groups in total. The van der Waals surface area contributed by atoms with Crippen LogP contribution in [-0.2, 0) is 12.8 Å². The van der Waals surface area contributed by atoms with Crippen molar-refractivity contribution in [2.24, 2.45) is 0 Å². The lowest BCUT2D eigenvalue weighted by Gasteiger charge is -1.98. The molecule has 2 aromatic rings. The second kappa shape index (κ2) is 4.57. The van der Waals surface area contributed by atoms with Crippen LogP contribution < -0.4 is 0 Å². The van der Waals surface area contributed by atoms with Crippen molar-refractivity contribution in [2.45, 2.75) is 19.8 Å². The molecule has 15 heavy (non-hydrogen) atoms. The highest BCUT2D eigenvalue weighted by atomic mass is 79.9. The van der Waals surface area contributed by atoms with Crippen LogP contribution in [0, 0.1) is 6.92 Å². The van der Waals surface area contributed by atoms with Gasteiger partial charge in [0.2, 0.25) is 11.8 Å². The minimum Gasteiger partial charge on any atom is -0.426 e. The molecule has 0 radical (unpaired) electrons. The van der Waals surface area contributed by atoms with Crippen molar-refractivity contribution in [1.29, 1.82) is 0 Å². The maximum atomic E-state index is 5.30. The molecule has 1 aromatic heterocycles. The van der Waals surface area contributed by atoms with E-state index in [0.29, 0.717) is 11.8 Å². The van der Waals surface area contributed by atoms with Crippen LogP contribution in [0.5, 0.6) is 0 Å². The molecule has 0 aliphatic heterocycles. The summed E-state index contributed by atoms with van der Waals surface area (Å²) >= 11 is 3.44. The van der Waals surface area contributed by atoms with Gasteiger partial charge in [0.1, 0.15) is 0 Å². The Labute approximate surface area is 96.7 Å². The third-order valence-electron chi connectivity index (χ3n) is 2.08. The van der Waals surface area contributed by atoms with E-state index in [-0.39, 0.29) is 0 Å². The van der Waals surface area contributed by atoms with Gasteiger partial charge in [0.25, 0.3) is 0 Å². The number of halogens is 1. The highest BCUT2D eigenvalue weighted by Crippen LogP contribution is 2.13. The van der Waals surface area contributed by atoms with Gasteiger partial charge in [0.15, 0.2) is 0 Å². The second-order valence-corrected chi connectivity index (χ2v) is 4.26. The van der Waals surface area contributed by atoms with E-state index in [0.717, 1.165) is 17.3 Å². The average Bonchev–Trinajstić information content (AvgIpc) is 2.62. The molecule has 0 fully saturated rings. The van der Waals surface area contributed by atoms with E-state index in [1.54, 1.807) is 6.92 Å². The molecule has 2 rings (SSSR count). The van der Waals surface area contributed by atoms with Crippen molar-refractivity contribution in [3.05, 3.63) is 46.1 Å². The Kier molecular flexibility index (Phi) is 3.16. The van der Waals surface area contributed by atoms with E-state index in [2.05, 4.69) is 38.3 Å². The van der Waals surface area contributed by atoms with Crippen LogP contribution in [0.1, 0.15) is 17.3 Å². The molecule has 0 unspecified atom stereocenters. The van der Waals surface area contributed by atoms with Crippen LogP contribution in [0.2, 0.25) is 0 Å². The van der Waals surface area contributed by atoms with Gasteiger partial charge in [-0.1, -0.05) is 28.1 Å². The maximum absolute atomic E-state index is 5.30. The number of aromatic nitrogens is 2. The summed E-state index contributed by atoms with van der Waals surface area (Å²) in [6.07, 6.45) is 1.71. The standard InChI is InChI=1S/C11H11BrN2O/c1-8-13-14-11(15-8)6-5-9-3-2-4-10(12)7-9/h2-4,7H,5-6H2,1H3. The van der Waals surface area contributed by atoms with Crippen molar-refractivity contribution in [3.63, 3.8) is 0 Å². The molecule has 0 spiro atoms. The van der Waals surface area contributed by atoms with Gasteiger partial charge in [-0.3, -0.25) is 0 Å². The largest absolute Gasteiger partial charge is 0.426 e. The zero-order valence-electron chi connectivity index (χ0n) is 8.40. The highest BCUT2D eigenvalue weighted by Gasteiger charge is 2.02. The minimum absolute atomic E-state index is 0.624. The van der Waals surface area contributed by atoms with E-state index in [1.165, 1.54) is 5.56 Å². The van der Waals surface area contributed by atoms with E-state index >= 15 is 0 Å². The molecule has 4 heteroatoms. The zero-order chi connectivity index (χ0) is 10.7. The molecule has 1 heterocycles. The SMILES string of the molecule is Cc1nnc(CCc2cccc(Br)c2)o1. The van der Waals surface area contributed by atoms with Gasteiger partial charge in [-0.05, 0) is 24.1 Å². The summed E-state index contributed by atoms with van der Waals surface area (Å²) in [5.74, 6) is 1.33. The third kappa shape index (κ3) is 2.89. The highest BCUT2D eigenvalue weighted by molar-refractivity contribution is 9.10. The normalized spacial score (nSPS) is 10.5. The van der Waals surface area contributed by atoms with Gasteiger partial charge in [0, 0.05) is 17.8 Å². The molecule has 3 nitrogen and oxygen atoms in total. The molecule has 0 saturated carbocycles. The fourth-order valence-corrected chi connectivity index (χ4v) is 1.83. The Bertz CT molecular complexity index is 453. The predicted octanol–water partition coefficient (Wildman–Crippen LogP) is 2.93. The van der Waals surface area contributed by atoms with E-state index in [4.69, 9.17) is 4.42 Å². The van der Waals surface area contributed by atoms with Crippen LogP contribution in [0.3, 0.4) is 0 Å². The summed E-state index contributed by atoms with van der Waals surface area (Å²) in [5, 5.41) is 7.75. The number of benzene rings is 1.